The van der Waals surface area contributed by atoms with Crippen LogP contribution in [0.5, 0.6) is 0 Å². The molecule has 0 saturated carbocycles. The number of aldehydes is 1. The lowest BCUT2D eigenvalue weighted by atomic mass is 10.2. The Hall–Kier alpha value is -2.01. The van der Waals surface area contributed by atoms with Crippen molar-refractivity contribution in [3.63, 3.8) is 0 Å². The summed E-state index contributed by atoms with van der Waals surface area (Å²) in [5.74, 6) is 0.960. The molecular formula is C12H11ClN4O. The fraction of sp³-hybridized carbons (Fsp3) is 0.167. The highest BCUT2D eigenvalue weighted by molar-refractivity contribution is 6.32. The minimum Gasteiger partial charge on any atom is -0.365 e. The Balaban J connectivity index is 2.21. The van der Waals surface area contributed by atoms with Gasteiger partial charge in [-0.2, -0.15) is 0 Å². The molecule has 6 heteroatoms. The van der Waals surface area contributed by atoms with Crippen LogP contribution in [0.4, 0.5) is 5.82 Å². The molecule has 0 unspecified atom stereocenters. The topological polar surface area (TPSA) is 67.8 Å². The van der Waals surface area contributed by atoms with E-state index in [4.69, 9.17) is 11.6 Å². The largest absolute Gasteiger partial charge is 0.365 e. The number of hydrogen-bond acceptors (Lipinski definition) is 5. The van der Waals surface area contributed by atoms with Crippen molar-refractivity contribution in [2.75, 3.05) is 5.32 Å². The average Bonchev–Trinajstić information content (AvgIpc) is 2.37. The third kappa shape index (κ3) is 2.81. The number of anilines is 1. The highest BCUT2D eigenvalue weighted by Gasteiger charge is 2.10. The molecule has 0 saturated heterocycles. The molecule has 0 aliphatic heterocycles. The lowest BCUT2D eigenvalue weighted by Crippen LogP contribution is -2.07. The third-order valence-electron chi connectivity index (χ3n) is 2.34. The third-order valence-corrected chi connectivity index (χ3v) is 2.63. The summed E-state index contributed by atoms with van der Waals surface area (Å²) in [6, 6.07) is 3.76. The van der Waals surface area contributed by atoms with Gasteiger partial charge in [0.15, 0.2) is 6.29 Å². The fourth-order valence-electron chi connectivity index (χ4n) is 1.47. The number of halogens is 1. The summed E-state index contributed by atoms with van der Waals surface area (Å²) in [5, 5.41) is 3.23. The summed E-state index contributed by atoms with van der Waals surface area (Å²) in [6.07, 6.45) is 4.06. The molecule has 0 aliphatic carbocycles. The predicted octanol–water partition coefficient (Wildman–Crippen LogP) is 2.26. The van der Waals surface area contributed by atoms with Gasteiger partial charge in [0, 0.05) is 18.9 Å². The van der Waals surface area contributed by atoms with Crippen LogP contribution in [-0.2, 0) is 6.54 Å². The van der Waals surface area contributed by atoms with Gasteiger partial charge in [0.2, 0.25) is 0 Å². The van der Waals surface area contributed by atoms with Crippen molar-refractivity contribution in [1.82, 2.24) is 15.0 Å². The maximum absolute atomic E-state index is 11.0. The van der Waals surface area contributed by atoms with Crippen LogP contribution in [0.15, 0.2) is 24.5 Å². The summed E-state index contributed by atoms with van der Waals surface area (Å²) in [5.41, 5.74) is 1.31. The Morgan fingerprint density at radius 3 is 2.72 bits per heavy atom. The molecule has 92 valence electrons. The SMILES string of the molecule is Cc1nc(Cl)c(C=O)c(NCc2ccncc2)n1. The van der Waals surface area contributed by atoms with Crippen molar-refractivity contribution >= 4 is 23.7 Å². The molecule has 2 aromatic rings. The smallest absolute Gasteiger partial charge is 0.156 e. The first-order valence-corrected chi connectivity index (χ1v) is 5.70. The Kier molecular flexibility index (Phi) is 3.84. The van der Waals surface area contributed by atoms with Crippen LogP contribution in [0.2, 0.25) is 5.15 Å². The zero-order valence-electron chi connectivity index (χ0n) is 9.72. The molecular weight excluding hydrogens is 252 g/mol. The zero-order valence-corrected chi connectivity index (χ0v) is 10.5. The number of aromatic nitrogens is 3. The number of hydrogen-bond donors (Lipinski definition) is 1. The standard InChI is InChI=1S/C12H11ClN4O/c1-8-16-11(13)10(7-18)12(17-8)15-6-9-2-4-14-5-3-9/h2-5,7H,6H2,1H3,(H,15,16,17). The maximum atomic E-state index is 11.0. The Morgan fingerprint density at radius 1 is 1.33 bits per heavy atom. The second kappa shape index (κ2) is 5.55. The van der Waals surface area contributed by atoms with Crippen molar-refractivity contribution < 1.29 is 4.79 Å². The van der Waals surface area contributed by atoms with Crippen LogP contribution < -0.4 is 5.32 Å². The van der Waals surface area contributed by atoms with Gasteiger partial charge in [0.1, 0.15) is 16.8 Å². The summed E-state index contributed by atoms with van der Waals surface area (Å²) in [7, 11) is 0. The average molecular weight is 263 g/mol. The van der Waals surface area contributed by atoms with Crippen LogP contribution in [0.1, 0.15) is 21.7 Å². The first-order valence-electron chi connectivity index (χ1n) is 5.33. The second-order valence-electron chi connectivity index (χ2n) is 3.65. The summed E-state index contributed by atoms with van der Waals surface area (Å²) in [6.45, 7) is 2.26. The van der Waals surface area contributed by atoms with Crippen molar-refractivity contribution in [3.05, 3.63) is 46.6 Å². The molecule has 0 aromatic carbocycles. The van der Waals surface area contributed by atoms with Crippen LogP contribution in [-0.4, -0.2) is 21.2 Å². The van der Waals surface area contributed by atoms with Crippen molar-refractivity contribution in [3.8, 4) is 0 Å². The van der Waals surface area contributed by atoms with Gasteiger partial charge in [-0.05, 0) is 24.6 Å². The molecule has 2 heterocycles. The van der Waals surface area contributed by atoms with Crippen LogP contribution in [0.25, 0.3) is 0 Å². The van der Waals surface area contributed by atoms with Crippen LogP contribution in [0.3, 0.4) is 0 Å². The number of pyridine rings is 1. The van der Waals surface area contributed by atoms with Gasteiger partial charge < -0.3 is 5.32 Å². The van der Waals surface area contributed by atoms with E-state index in [-0.39, 0.29) is 10.7 Å². The van der Waals surface area contributed by atoms with Gasteiger partial charge >= 0.3 is 0 Å². The molecule has 0 fully saturated rings. The lowest BCUT2D eigenvalue weighted by Gasteiger charge is -2.09. The number of carbonyl (C=O) groups excluding carboxylic acids is 1. The van der Waals surface area contributed by atoms with E-state index in [1.54, 1.807) is 19.3 Å². The predicted molar refractivity (Wildman–Crippen MR) is 68.7 cm³/mol. The van der Waals surface area contributed by atoms with E-state index in [0.29, 0.717) is 24.5 Å². The van der Waals surface area contributed by atoms with Gasteiger partial charge in [-0.3, -0.25) is 9.78 Å². The van der Waals surface area contributed by atoms with E-state index in [0.717, 1.165) is 5.56 Å². The van der Waals surface area contributed by atoms with E-state index in [9.17, 15) is 4.79 Å². The lowest BCUT2D eigenvalue weighted by molar-refractivity contribution is 0.112. The molecule has 1 N–H and O–H groups in total. The first-order chi connectivity index (χ1) is 8.70. The number of rotatable bonds is 4. The molecule has 0 amide bonds. The van der Waals surface area contributed by atoms with Gasteiger partial charge in [0.25, 0.3) is 0 Å². The number of nitrogens with zero attached hydrogens (tertiary/aromatic N) is 3. The summed E-state index contributed by atoms with van der Waals surface area (Å²) in [4.78, 5) is 23.0. The molecule has 5 nitrogen and oxygen atoms in total. The zero-order chi connectivity index (χ0) is 13.0. The van der Waals surface area contributed by atoms with Gasteiger partial charge in [-0.15, -0.1) is 0 Å². The molecule has 0 radical (unpaired) electrons. The summed E-state index contributed by atoms with van der Waals surface area (Å²) >= 11 is 5.88. The molecule has 0 bridgehead atoms. The molecule has 0 spiro atoms. The number of carbonyl (C=O) groups is 1. The highest BCUT2D eigenvalue weighted by atomic mass is 35.5. The van der Waals surface area contributed by atoms with E-state index in [1.165, 1.54) is 0 Å². The number of nitrogens with one attached hydrogen (secondary N) is 1. The molecule has 18 heavy (non-hydrogen) atoms. The fourth-order valence-corrected chi connectivity index (χ4v) is 1.73. The molecule has 0 aliphatic rings. The van der Waals surface area contributed by atoms with Crippen LogP contribution in [0, 0.1) is 6.92 Å². The van der Waals surface area contributed by atoms with Gasteiger partial charge in [-0.25, -0.2) is 9.97 Å². The highest BCUT2D eigenvalue weighted by Crippen LogP contribution is 2.19. The molecule has 0 atom stereocenters. The summed E-state index contributed by atoms with van der Waals surface area (Å²) < 4.78 is 0. The first kappa shape index (κ1) is 12.4. The molecule has 2 rings (SSSR count). The maximum Gasteiger partial charge on any atom is 0.156 e. The minimum atomic E-state index is 0.162. The van der Waals surface area contributed by atoms with E-state index >= 15 is 0 Å². The van der Waals surface area contributed by atoms with E-state index < -0.39 is 0 Å². The second-order valence-corrected chi connectivity index (χ2v) is 4.01. The Morgan fingerprint density at radius 2 is 2.06 bits per heavy atom. The molecule has 2 aromatic heterocycles. The van der Waals surface area contributed by atoms with Crippen molar-refractivity contribution in [1.29, 1.82) is 0 Å². The van der Waals surface area contributed by atoms with E-state index in [2.05, 4.69) is 20.3 Å². The van der Waals surface area contributed by atoms with Crippen molar-refractivity contribution in [2.24, 2.45) is 0 Å². The van der Waals surface area contributed by atoms with Crippen LogP contribution >= 0.6 is 11.6 Å². The number of aryl methyl sites for hydroxylation is 1. The normalized spacial score (nSPS) is 10.1. The Labute approximate surface area is 109 Å². The monoisotopic (exact) mass is 262 g/mol. The van der Waals surface area contributed by atoms with E-state index in [1.807, 2.05) is 12.1 Å². The minimum absolute atomic E-state index is 0.162. The van der Waals surface area contributed by atoms with Gasteiger partial charge in [0.05, 0.1) is 5.56 Å². The van der Waals surface area contributed by atoms with Gasteiger partial charge in [-0.1, -0.05) is 11.6 Å². The van der Waals surface area contributed by atoms with Crippen molar-refractivity contribution in [2.45, 2.75) is 13.5 Å². The quantitative estimate of drug-likeness (QED) is 0.676. The Bertz CT molecular complexity index is 560.